The van der Waals surface area contributed by atoms with Crippen LogP contribution < -0.4 is 4.90 Å². The molecular formula is C16H18F3N3S. The van der Waals surface area contributed by atoms with Crippen molar-refractivity contribution in [1.82, 2.24) is 9.97 Å². The third-order valence-electron chi connectivity index (χ3n) is 3.94. The maximum Gasteiger partial charge on any atom is 0.433 e. The van der Waals surface area contributed by atoms with Gasteiger partial charge < -0.3 is 4.90 Å². The predicted molar refractivity (Wildman–Crippen MR) is 85.7 cm³/mol. The zero-order valence-corrected chi connectivity index (χ0v) is 13.8. The fraction of sp³-hybridized carbons (Fsp3) is 0.500. The summed E-state index contributed by atoms with van der Waals surface area (Å²) in [5.41, 5.74) is -0.527. The highest BCUT2D eigenvalue weighted by molar-refractivity contribution is 7.15. The van der Waals surface area contributed by atoms with E-state index < -0.39 is 11.9 Å². The monoisotopic (exact) mass is 341 g/mol. The summed E-state index contributed by atoms with van der Waals surface area (Å²) < 4.78 is 39.6. The van der Waals surface area contributed by atoms with Crippen molar-refractivity contribution in [3.05, 3.63) is 28.8 Å². The Morgan fingerprint density at radius 1 is 1.26 bits per heavy atom. The normalized spacial score (nSPS) is 19.2. The molecule has 7 heteroatoms. The van der Waals surface area contributed by atoms with E-state index in [2.05, 4.69) is 16.9 Å². The van der Waals surface area contributed by atoms with E-state index in [1.54, 1.807) is 0 Å². The molecule has 0 N–H and O–H groups in total. The molecule has 0 spiro atoms. The molecule has 2 aromatic heterocycles. The molecule has 0 bridgehead atoms. The van der Waals surface area contributed by atoms with Gasteiger partial charge in [0.15, 0.2) is 5.69 Å². The van der Waals surface area contributed by atoms with E-state index in [4.69, 9.17) is 0 Å². The fourth-order valence-corrected chi connectivity index (χ4v) is 3.62. The summed E-state index contributed by atoms with van der Waals surface area (Å²) in [7, 11) is 0. The second-order valence-electron chi connectivity index (χ2n) is 6.04. The molecule has 0 amide bonds. The summed E-state index contributed by atoms with van der Waals surface area (Å²) in [6.07, 6.45) is -2.43. The van der Waals surface area contributed by atoms with Gasteiger partial charge in [0.25, 0.3) is 0 Å². The van der Waals surface area contributed by atoms with Crippen LogP contribution in [0.1, 0.15) is 30.3 Å². The van der Waals surface area contributed by atoms with Crippen molar-refractivity contribution in [3.8, 4) is 10.6 Å². The number of anilines is 1. The molecule has 3 heterocycles. The fourth-order valence-electron chi connectivity index (χ4n) is 2.79. The molecule has 1 aliphatic heterocycles. The third-order valence-corrected chi connectivity index (χ3v) is 4.96. The maximum atomic E-state index is 13.2. The van der Waals surface area contributed by atoms with Crippen molar-refractivity contribution >= 4 is 17.3 Å². The first kappa shape index (κ1) is 16.2. The third kappa shape index (κ3) is 3.65. The van der Waals surface area contributed by atoms with Crippen molar-refractivity contribution < 1.29 is 13.2 Å². The molecule has 2 aromatic rings. The van der Waals surface area contributed by atoms with Gasteiger partial charge in [0.1, 0.15) is 0 Å². The molecule has 1 atom stereocenters. The van der Waals surface area contributed by atoms with Crippen LogP contribution in [-0.2, 0) is 6.18 Å². The van der Waals surface area contributed by atoms with E-state index in [1.807, 2.05) is 24.0 Å². The van der Waals surface area contributed by atoms with Gasteiger partial charge in [-0.15, -0.1) is 11.3 Å². The summed E-state index contributed by atoms with van der Waals surface area (Å²) in [6, 6.07) is 4.74. The first-order chi connectivity index (χ1) is 10.8. The van der Waals surface area contributed by atoms with Crippen LogP contribution in [0.25, 0.3) is 10.6 Å². The van der Waals surface area contributed by atoms with Crippen molar-refractivity contribution in [2.45, 2.75) is 32.9 Å². The minimum atomic E-state index is -4.47. The molecule has 0 radical (unpaired) electrons. The highest BCUT2D eigenvalue weighted by atomic mass is 32.1. The van der Waals surface area contributed by atoms with E-state index in [9.17, 15) is 13.2 Å². The lowest BCUT2D eigenvalue weighted by Crippen LogP contribution is -2.36. The summed E-state index contributed by atoms with van der Waals surface area (Å²) in [6.45, 7) is 5.43. The second kappa shape index (κ2) is 6.11. The quantitative estimate of drug-likeness (QED) is 0.788. The molecule has 124 valence electrons. The van der Waals surface area contributed by atoms with Gasteiger partial charge >= 0.3 is 6.18 Å². The largest absolute Gasteiger partial charge is 0.433 e. The Labute approximate surface area is 137 Å². The average molecular weight is 341 g/mol. The van der Waals surface area contributed by atoms with Gasteiger partial charge in [-0.3, -0.25) is 0 Å². The summed E-state index contributed by atoms with van der Waals surface area (Å²) >= 11 is 1.44. The number of halogens is 3. The van der Waals surface area contributed by atoms with Gasteiger partial charge in [0.2, 0.25) is 5.95 Å². The SMILES string of the molecule is Cc1ccc(-c2cc(C(F)(F)F)nc(N3CCC[C@H](C)C3)n2)s1. The van der Waals surface area contributed by atoms with Gasteiger partial charge in [-0.05, 0) is 43.9 Å². The molecular weight excluding hydrogens is 323 g/mol. The molecule has 3 rings (SSSR count). The van der Waals surface area contributed by atoms with E-state index in [0.29, 0.717) is 24.7 Å². The highest BCUT2D eigenvalue weighted by Gasteiger charge is 2.34. The average Bonchev–Trinajstić information content (AvgIpc) is 2.92. The second-order valence-corrected chi connectivity index (χ2v) is 7.33. The molecule has 1 saturated heterocycles. The lowest BCUT2D eigenvalue weighted by molar-refractivity contribution is -0.141. The van der Waals surface area contributed by atoms with Crippen molar-refractivity contribution in [3.63, 3.8) is 0 Å². The first-order valence-electron chi connectivity index (χ1n) is 7.61. The Kier molecular flexibility index (Phi) is 4.31. The Balaban J connectivity index is 2.04. The number of thiophene rings is 1. The van der Waals surface area contributed by atoms with Gasteiger partial charge in [0, 0.05) is 18.0 Å². The first-order valence-corrected chi connectivity index (χ1v) is 8.42. The van der Waals surface area contributed by atoms with Crippen LogP contribution in [0.4, 0.5) is 19.1 Å². The van der Waals surface area contributed by atoms with Crippen LogP contribution in [0.5, 0.6) is 0 Å². The molecule has 1 aliphatic rings. The molecule has 0 saturated carbocycles. The number of piperidine rings is 1. The van der Waals surface area contributed by atoms with Crippen LogP contribution in [0.3, 0.4) is 0 Å². The number of nitrogens with zero attached hydrogens (tertiary/aromatic N) is 3. The van der Waals surface area contributed by atoms with Crippen LogP contribution >= 0.6 is 11.3 Å². The van der Waals surface area contributed by atoms with E-state index in [-0.39, 0.29) is 5.95 Å². The standard InChI is InChI=1S/C16H18F3N3S/c1-10-4-3-7-22(9-10)15-20-12(13-6-5-11(2)23-13)8-14(21-15)16(17,18)19/h5-6,8,10H,3-4,7,9H2,1-2H3/t10-/m0/s1. The summed E-state index contributed by atoms with van der Waals surface area (Å²) in [4.78, 5) is 11.9. The molecule has 23 heavy (non-hydrogen) atoms. The Morgan fingerprint density at radius 2 is 2.04 bits per heavy atom. The van der Waals surface area contributed by atoms with Crippen molar-refractivity contribution in [2.75, 3.05) is 18.0 Å². The lowest BCUT2D eigenvalue weighted by atomic mass is 10.0. The number of alkyl halides is 3. The van der Waals surface area contributed by atoms with E-state index >= 15 is 0 Å². The summed E-state index contributed by atoms with van der Waals surface area (Å²) in [5.74, 6) is 0.627. The van der Waals surface area contributed by atoms with Crippen LogP contribution in [0.2, 0.25) is 0 Å². The number of aryl methyl sites for hydroxylation is 1. The number of aromatic nitrogens is 2. The molecule has 1 fully saturated rings. The predicted octanol–water partition coefficient (Wildman–Crippen LogP) is 4.77. The maximum absolute atomic E-state index is 13.2. The van der Waals surface area contributed by atoms with Gasteiger partial charge in [0.05, 0.1) is 10.6 Å². The van der Waals surface area contributed by atoms with E-state index in [0.717, 1.165) is 28.7 Å². The number of rotatable bonds is 2. The van der Waals surface area contributed by atoms with Gasteiger partial charge in [-0.25, -0.2) is 9.97 Å². The molecule has 3 nitrogen and oxygen atoms in total. The zero-order chi connectivity index (χ0) is 16.6. The van der Waals surface area contributed by atoms with Crippen LogP contribution in [-0.4, -0.2) is 23.1 Å². The highest BCUT2D eigenvalue weighted by Crippen LogP contribution is 2.34. The molecule has 0 aromatic carbocycles. The Morgan fingerprint density at radius 3 is 2.65 bits per heavy atom. The Hall–Kier alpha value is -1.63. The molecule has 0 unspecified atom stereocenters. The van der Waals surface area contributed by atoms with Gasteiger partial charge in [-0.2, -0.15) is 13.2 Å². The smallest absolute Gasteiger partial charge is 0.341 e. The van der Waals surface area contributed by atoms with Crippen molar-refractivity contribution in [2.24, 2.45) is 5.92 Å². The summed E-state index contributed by atoms with van der Waals surface area (Å²) in [5, 5.41) is 0. The number of hydrogen-bond donors (Lipinski definition) is 0. The van der Waals surface area contributed by atoms with E-state index in [1.165, 1.54) is 11.3 Å². The topological polar surface area (TPSA) is 29.0 Å². The lowest BCUT2D eigenvalue weighted by Gasteiger charge is -2.31. The van der Waals surface area contributed by atoms with Crippen molar-refractivity contribution in [1.29, 1.82) is 0 Å². The minimum absolute atomic E-state index is 0.187. The van der Waals surface area contributed by atoms with Gasteiger partial charge in [-0.1, -0.05) is 6.92 Å². The van der Waals surface area contributed by atoms with Crippen LogP contribution in [0, 0.1) is 12.8 Å². The Bertz CT molecular complexity index is 696. The van der Waals surface area contributed by atoms with Crippen LogP contribution in [0.15, 0.2) is 18.2 Å². The number of hydrogen-bond acceptors (Lipinski definition) is 4. The minimum Gasteiger partial charge on any atom is -0.341 e. The zero-order valence-electron chi connectivity index (χ0n) is 13.0. The molecule has 0 aliphatic carbocycles.